The molecule has 0 spiro atoms. The van der Waals surface area contributed by atoms with Crippen LogP contribution in [0.2, 0.25) is 0 Å². The van der Waals surface area contributed by atoms with Gasteiger partial charge in [-0.1, -0.05) is 0 Å². The van der Waals surface area contributed by atoms with Crippen molar-refractivity contribution in [1.29, 1.82) is 0 Å². The van der Waals surface area contributed by atoms with Crippen LogP contribution in [0.25, 0.3) is 0 Å². The van der Waals surface area contributed by atoms with Gasteiger partial charge >= 0.3 is 6.18 Å². The molecule has 0 aromatic carbocycles. The van der Waals surface area contributed by atoms with Gasteiger partial charge in [-0.2, -0.15) is 13.2 Å². The number of aromatic nitrogens is 1. The molecule has 1 aliphatic rings. The van der Waals surface area contributed by atoms with Crippen molar-refractivity contribution in [2.75, 3.05) is 32.8 Å². The summed E-state index contributed by atoms with van der Waals surface area (Å²) in [7, 11) is 0. The van der Waals surface area contributed by atoms with Crippen LogP contribution in [0.15, 0.2) is 23.3 Å². The first kappa shape index (κ1) is 25.2. The monoisotopic (exact) mass is 529 g/mol. The lowest BCUT2D eigenvalue weighted by Gasteiger charge is -2.16. The van der Waals surface area contributed by atoms with Crippen molar-refractivity contribution in [3.63, 3.8) is 0 Å². The zero-order chi connectivity index (χ0) is 20.4. The first-order valence-electron chi connectivity index (χ1n) is 9.32. The molecule has 0 unspecified atom stereocenters. The fourth-order valence-electron chi connectivity index (χ4n) is 2.71. The number of likely N-dealkylation sites (tertiary alicyclic amines) is 1. The Morgan fingerprint density at radius 3 is 2.83 bits per heavy atom. The number of alkyl halides is 3. The number of hydrogen-bond acceptors (Lipinski definition) is 4. The third-order valence-electron chi connectivity index (χ3n) is 4.02. The highest BCUT2D eigenvalue weighted by atomic mass is 127. The molecule has 29 heavy (non-hydrogen) atoms. The molecule has 2 heterocycles. The summed E-state index contributed by atoms with van der Waals surface area (Å²) < 4.78 is 41.4. The first-order valence-corrected chi connectivity index (χ1v) is 9.32. The normalized spacial score (nSPS) is 14.6. The molecule has 164 valence electrons. The summed E-state index contributed by atoms with van der Waals surface area (Å²) in [4.78, 5) is 21.7. The zero-order valence-corrected chi connectivity index (χ0v) is 18.6. The van der Waals surface area contributed by atoms with E-state index < -0.39 is 12.8 Å². The van der Waals surface area contributed by atoms with E-state index in [0.29, 0.717) is 31.0 Å². The van der Waals surface area contributed by atoms with Crippen LogP contribution < -0.4 is 15.4 Å². The lowest BCUT2D eigenvalue weighted by molar-refractivity contribution is -0.154. The third-order valence-corrected chi connectivity index (χ3v) is 4.02. The van der Waals surface area contributed by atoms with Crippen LogP contribution in [-0.2, 0) is 11.3 Å². The zero-order valence-electron chi connectivity index (χ0n) is 16.3. The summed E-state index contributed by atoms with van der Waals surface area (Å²) in [6.45, 7) is 3.71. The third kappa shape index (κ3) is 9.99. The highest BCUT2D eigenvalue weighted by Gasteiger charge is 2.28. The van der Waals surface area contributed by atoms with Gasteiger partial charge in [0.25, 0.3) is 0 Å². The molecule has 0 bridgehead atoms. The molecular weight excluding hydrogens is 502 g/mol. The Kier molecular flexibility index (Phi) is 11.1. The Labute approximate surface area is 185 Å². The highest BCUT2D eigenvalue weighted by Crippen LogP contribution is 2.17. The number of amides is 1. The van der Waals surface area contributed by atoms with Gasteiger partial charge in [0.2, 0.25) is 11.8 Å². The second-order valence-corrected chi connectivity index (χ2v) is 6.37. The number of nitrogens with one attached hydrogen (secondary N) is 2. The van der Waals surface area contributed by atoms with Gasteiger partial charge < -0.3 is 20.3 Å². The molecule has 1 aliphatic heterocycles. The summed E-state index contributed by atoms with van der Waals surface area (Å²) in [5, 5.41) is 6.31. The van der Waals surface area contributed by atoms with Crippen LogP contribution in [0.1, 0.15) is 31.7 Å². The van der Waals surface area contributed by atoms with Crippen LogP contribution in [0, 0.1) is 0 Å². The molecular formula is C18H27F3IN5O2. The van der Waals surface area contributed by atoms with Gasteiger partial charge in [-0.25, -0.2) is 9.98 Å². The minimum absolute atomic E-state index is 0. The number of guanidine groups is 1. The SMILES string of the molecule is CCNC(=NCc1ccnc(OCC(F)(F)F)c1)NCCCN1CCCC1=O.I. The van der Waals surface area contributed by atoms with Gasteiger partial charge in [0.05, 0.1) is 6.54 Å². The van der Waals surface area contributed by atoms with Crippen molar-refractivity contribution in [3.8, 4) is 5.88 Å². The largest absolute Gasteiger partial charge is 0.468 e. The quantitative estimate of drug-likeness (QED) is 0.223. The van der Waals surface area contributed by atoms with E-state index in [1.165, 1.54) is 12.3 Å². The lowest BCUT2D eigenvalue weighted by Crippen LogP contribution is -2.39. The second kappa shape index (κ2) is 12.7. The average molecular weight is 529 g/mol. The number of nitrogens with zero attached hydrogens (tertiary/aromatic N) is 3. The summed E-state index contributed by atoms with van der Waals surface area (Å²) in [6, 6.07) is 3.12. The topological polar surface area (TPSA) is 78.9 Å². The van der Waals surface area contributed by atoms with E-state index in [0.717, 1.165) is 25.9 Å². The Balaban J connectivity index is 0.00000420. The molecule has 2 rings (SSSR count). The first-order chi connectivity index (χ1) is 13.4. The van der Waals surface area contributed by atoms with Gasteiger partial charge in [0, 0.05) is 44.9 Å². The molecule has 1 amide bonds. The van der Waals surface area contributed by atoms with E-state index in [1.807, 2.05) is 11.8 Å². The van der Waals surface area contributed by atoms with E-state index in [4.69, 9.17) is 0 Å². The minimum atomic E-state index is -4.41. The van der Waals surface area contributed by atoms with E-state index in [1.54, 1.807) is 6.07 Å². The second-order valence-electron chi connectivity index (χ2n) is 6.37. The predicted molar refractivity (Wildman–Crippen MR) is 114 cm³/mol. The number of aliphatic imine (C=N–C) groups is 1. The summed E-state index contributed by atoms with van der Waals surface area (Å²) in [5.41, 5.74) is 0.687. The number of carbonyl (C=O) groups is 1. The van der Waals surface area contributed by atoms with Crippen molar-refractivity contribution in [2.45, 2.75) is 38.9 Å². The molecule has 1 fully saturated rings. The van der Waals surface area contributed by atoms with Gasteiger partial charge in [-0.3, -0.25) is 4.79 Å². The standard InChI is InChI=1S/C18H26F3N5O2.HI/c1-2-22-17(24-7-4-10-26-9-3-5-16(26)27)25-12-14-6-8-23-15(11-14)28-13-18(19,20)21;/h6,8,11H,2-5,7,9-10,12-13H2,1H3,(H2,22,24,25);1H. The summed E-state index contributed by atoms with van der Waals surface area (Å²) >= 11 is 0. The Bertz CT molecular complexity index is 673. The number of halogens is 4. The maximum atomic E-state index is 12.2. The molecule has 0 aliphatic carbocycles. The molecule has 7 nitrogen and oxygen atoms in total. The average Bonchev–Trinajstić information content (AvgIpc) is 3.06. The molecule has 11 heteroatoms. The van der Waals surface area contributed by atoms with Crippen LogP contribution in [0.5, 0.6) is 5.88 Å². The molecule has 0 radical (unpaired) electrons. The molecule has 1 saturated heterocycles. The van der Waals surface area contributed by atoms with Gasteiger partial charge in [-0.15, -0.1) is 24.0 Å². The van der Waals surface area contributed by atoms with Crippen molar-refractivity contribution >= 4 is 35.8 Å². The maximum absolute atomic E-state index is 12.2. The number of carbonyl (C=O) groups excluding carboxylic acids is 1. The van der Waals surface area contributed by atoms with Crippen molar-refractivity contribution < 1.29 is 22.7 Å². The molecule has 2 N–H and O–H groups in total. The molecule has 1 aromatic rings. The van der Waals surface area contributed by atoms with E-state index in [2.05, 4.69) is 25.3 Å². The van der Waals surface area contributed by atoms with Crippen molar-refractivity contribution in [2.24, 2.45) is 4.99 Å². The molecule has 0 atom stereocenters. The van der Waals surface area contributed by atoms with E-state index in [9.17, 15) is 18.0 Å². The number of pyridine rings is 1. The number of rotatable bonds is 9. The number of ether oxygens (including phenoxy) is 1. The highest BCUT2D eigenvalue weighted by molar-refractivity contribution is 14.0. The van der Waals surface area contributed by atoms with Crippen LogP contribution in [0.3, 0.4) is 0 Å². The summed E-state index contributed by atoms with van der Waals surface area (Å²) in [6.07, 6.45) is -0.641. The summed E-state index contributed by atoms with van der Waals surface area (Å²) in [5.74, 6) is 0.727. The van der Waals surface area contributed by atoms with E-state index in [-0.39, 0.29) is 42.3 Å². The van der Waals surface area contributed by atoms with Crippen molar-refractivity contribution in [1.82, 2.24) is 20.5 Å². The fourth-order valence-corrected chi connectivity index (χ4v) is 2.71. The fraction of sp³-hybridized carbons (Fsp3) is 0.611. The predicted octanol–water partition coefficient (Wildman–Crippen LogP) is 2.71. The Morgan fingerprint density at radius 2 is 2.17 bits per heavy atom. The van der Waals surface area contributed by atoms with Gasteiger partial charge in [0.15, 0.2) is 12.6 Å². The number of hydrogen-bond donors (Lipinski definition) is 2. The van der Waals surface area contributed by atoms with Crippen LogP contribution in [0.4, 0.5) is 13.2 Å². The lowest BCUT2D eigenvalue weighted by atomic mass is 10.3. The maximum Gasteiger partial charge on any atom is 0.422 e. The van der Waals surface area contributed by atoms with Crippen LogP contribution >= 0.6 is 24.0 Å². The van der Waals surface area contributed by atoms with Crippen LogP contribution in [-0.4, -0.2) is 60.7 Å². The smallest absolute Gasteiger partial charge is 0.422 e. The van der Waals surface area contributed by atoms with Crippen molar-refractivity contribution in [3.05, 3.63) is 23.9 Å². The van der Waals surface area contributed by atoms with Gasteiger partial charge in [-0.05, 0) is 31.4 Å². The van der Waals surface area contributed by atoms with E-state index >= 15 is 0 Å². The molecule has 0 saturated carbocycles. The van der Waals surface area contributed by atoms with Gasteiger partial charge in [0.1, 0.15) is 0 Å². The molecule has 1 aromatic heterocycles. The Morgan fingerprint density at radius 1 is 1.38 bits per heavy atom. The Hall–Kier alpha value is -1.79. The minimum Gasteiger partial charge on any atom is -0.468 e.